The third-order valence-electron chi connectivity index (χ3n) is 4.07. The Morgan fingerprint density at radius 2 is 1.85 bits per heavy atom. The molecule has 2 heterocycles. The first-order valence-electron chi connectivity index (χ1n) is 8.76. The van der Waals surface area contributed by atoms with Gasteiger partial charge in [-0.1, -0.05) is 35.0 Å². The highest BCUT2D eigenvalue weighted by atomic mass is 16.5. The lowest BCUT2D eigenvalue weighted by Gasteiger charge is -2.10. The average molecular weight is 366 g/mol. The van der Waals surface area contributed by atoms with E-state index < -0.39 is 0 Å². The molecule has 7 heteroatoms. The lowest BCUT2D eigenvalue weighted by molar-refractivity contribution is -0.120. The van der Waals surface area contributed by atoms with Gasteiger partial charge in [-0.05, 0) is 33.8 Å². The molecule has 27 heavy (non-hydrogen) atoms. The number of aromatic nitrogens is 2. The second-order valence-corrected chi connectivity index (χ2v) is 6.77. The fourth-order valence-electron chi connectivity index (χ4n) is 2.77. The summed E-state index contributed by atoms with van der Waals surface area (Å²) in [6.45, 7) is 7.37. The number of nitrogens with zero attached hydrogens (tertiary/aromatic N) is 2. The van der Waals surface area contributed by atoms with Gasteiger partial charge in [0, 0.05) is 11.6 Å². The molecule has 0 fully saturated rings. The van der Waals surface area contributed by atoms with E-state index in [1.165, 1.54) is 0 Å². The Hall–Kier alpha value is -3.22. The fourth-order valence-corrected chi connectivity index (χ4v) is 2.77. The quantitative estimate of drug-likeness (QED) is 0.724. The molecule has 0 saturated heterocycles. The molecule has 0 saturated carbocycles. The number of hydrogen-bond donors (Lipinski definition) is 2. The second kappa shape index (κ2) is 7.57. The van der Waals surface area contributed by atoms with Crippen LogP contribution < -0.4 is 10.6 Å². The van der Waals surface area contributed by atoms with Crippen molar-refractivity contribution < 1.29 is 14.1 Å². The standard InChI is InChI=1S/C20H22N4O3/c1-11(2)22-17(25)10-21-19(26)15-9-16(14-7-5-12(3)6-8-14)23-20-18(15)13(4)24-27-20/h5-9,11H,10H2,1-4H3,(H,21,26)(H,22,25). The van der Waals surface area contributed by atoms with Gasteiger partial charge in [-0.15, -0.1) is 0 Å². The van der Waals surface area contributed by atoms with E-state index in [0.717, 1.165) is 11.1 Å². The van der Waals surface area contributed by atoms with Gasteiger partial charge >= 0.3 is 0 Å². The molecule has 3 rings (SSSR count). The molecule has 2 aromatic heterocycles. The van der Waals surface area contributed by atoms with Crippen LogP contribution in [0.2, 0.25) is 0 Å². The average Bonchev–Trinajstić information content (AvgIpc) is 3.00. The first kappa shape index (κ1) is 18.6. The maximum atomic E-state index is 12.7. The van der Waals surface area contributed by atoms with Crippen LogP contribution in [0.25, 0.3) is 22.4 Å². The first-order valence-corrected chi connectivity index (χ1v) is 8.76. The van der Waals surface area contributed by atoms with E-state index in [-0.39, 0.29) is 24.4 Å². The van der Waals surface area contributed by atoms with Gasteiger partial charge in [0.05, 0.1) is 28.9 Å². The van der Waals surface area contributed by atoms with Crippen LogP contribution in [-0.4, -0.2) is 34.5 Å². The number of hydrogen-bond acceptors (Lipinski definition) is 5. The van der Waals surface area contributed by atoms with E-state index in [1.807, 2.05) is 45.0 Å². The summed E-state index contributed by atoms with van der Waals surface area (Å²) in [6, 6.07) is 9.53. The number of aryl methyl sites for hydroxylation is 2. The fraction of sp³-hybridized carbons (Fsp3) is 0.300. The lowest BCUT2D eigenvalue weighted by Crippen LogP contribution is -2.39. The van der Waals surface area contributed by atoms with E-state index in [0.29, 0.717) is 28.1 Å². The van der Waals surface area contributed by atoms with E-state index in [1.54, 1.807) is 13.0 Å². The molecule has 0 unspecified atom stereocenters. The van der Waals surface area contributed by atoms with Crippen LogP contribution in [0.3, 0.4) is 0 Å². The Balaban J connectivity index is 1.95. The summed E-state index contributed by atoms with van der Waals surface area (Å²) in [7, 11) is 0. The third kappa shape index (κ3) is 4.13. The molecule has 0 aliphatic rings. The van der Waals surface area contributed by atoms with E-state index >= 15 is 0 Å². The van der Waals surface area contributed by atoms with Crippen molar-refractivity contribution in [1.82, 2.24) is 20.8 Å². The molecule has 1 aromatic carbocycles. The Morgan fingerprint density at radius 1 is 1.15 bits per heavy atom. The topological polar surface area (TPSA) is 97.1 Å². The van der Waals surface area contributed by atoms with Gasteiger partial charge in [-0.3, -0.25) is 9.59 Å². The van der Waals surface area contributed by atoms with Crippen LogP contribution in [0.1, 0.15) is 35.5 Å². The number of fused-ring (bicyclic) bond motifs is 1. The number of nitrogens with one attached hydrogen (secondary N) is 2. The molecule has 3 aromatic rings. The largest absolute Gasteiger partial charge is 0.352 e. The van der Waals surface area contributed by atoms with Gasteiger partial charge in [0.1, 0.15) is 0 Å². The molecule has 2 amide bonds. The summed E-state index contributed by atoms with van der Waals surface area (Å²) in [4.78, 5) is 29.1. The highest BCUT2D eigenvalue weighted by Crippen LogP contribution is 2.27. The number of amides is 2. The van der Waals surface area contributed by atoms with Gasteiger partial charge in [0.15, 0.2) is 0 Å². The van der Waals surface area contributed by atoms with Crippen molar-refractivity contribution >= 4 is 22.9 Å². The minimum absolute atomic E-state index is 0.00972. The van der Waals surface area contributed by atoms with Crippen LogP contribution in [0.4, 0.5) is 0 Å². The van der Waals surface area contributed by atoms with Crippen molar-refractivity contribution in [3.8, 4) is 11.3 Å². The van der Waals surface area contributed by atoms with Crippen molar-refractivity contribution in [3.63, 3.8) is 0 Å². The molecular weight excluding hydrogens is 344 g/mol. The summed E-state index contributed by atoms with van der Waals surface area (Å²) in [5.74, 6) is -0.620. The van der Waals surface area contributed by atoms with E-state index in [2.05, 4.69) is 20.8 Å². The third-order valence-corrected chi connectivity index (χ3v) is 4.07. The van der Waals surface area contributed by atoms with Crippen molar-refractivity contribution in [2.75, 3.05) is 6.54 Å². The number of pyridine rings is 1. The Kier molecular flexibility index (Phi) is 5.21. The van der Waals surface area contributed by atoms with E-state index in [9.17, 15) is 9.59 Å². The zero-order valence-corrected chi connectivity index (χ0v) is 15.8. The molecule has 140 valence electrons. The lowest BCUT2D eigenvalue weighted by atomic mass is 10.0. The molecule has 0 spiro atoms. The van der Waals surface area contributed by atoms with Crippen LogP contribution in [-0.2, 0) is 4.79 Å². The van der Waals surface area contributed by atoms with Crippen LogP contribution in [0.15, 0.2) is 34.9 Å². The molecule has 0 aliphatic heterocycles. The van der Waals surface area contributed by atoms with Gasteiger partial charge in [0.2, 0.25) is 5.91 Å². The van der Waals surface area contributed by atoms with Crippen molar-refractivity contribution in [2.45, 2.75) is 33.7 Å². The summed E-state index contributed by atoms with van der Waals surface area (Å²) >= 11 is 0. The monoisotopic (exact) mass is 366 g/mol. The summed E-state index contributed by atoms with van der Waals surface area (Å²) in [5.41, 5.74) is 3.85. The summed E-state index contributed by atoms with van der Waals surface area (Å²) in [5, 5.41) is 9.87. The Bertz CT molecular complexity index is 990. The first-order chi connectivity index (χ1) is 12.8. The summed E-state index contributed by atoms with van der Waals surface area (Å²) in [6.07, 6.45) is 0. The minimum Gasteiger partial charge on any atom is -0.352 e. The number of carbonyl (C=O) groups is 2. The minimum atomic E-state index is -0.374. The van der Waals surface area contributed by atoms with Gasteiger partial charge in [-0.25, -0.2) is 4.98 Å². The molecule has 0 aliphatic carbocycles. The highest BCUT2D eigenvalue weighted by molar-refractivity contribution is 6.07. The predicted octanol–water partition coefficient (Wildman–Crippen LogP) is 2.76. The van der Waals surface area contributed by atoms with Crippen molar-refractivity contribution in [3.05, 3.63) is 47.2 Å². The van der Waals surface area contributed by atoms with Gasteiger partial charge in [-0.2, -0.15) is 0 Å². The van der Waals surface area contributed by atoms with Crippen LogP contribution in [0.5, 0.6) is 0 Å². The van der Waals surface area contributed by atoms with E-state index in [4.69, 9.17) is 4.52 Å². The normalized spacial score (nSPS) is 11.0. The van der Waals surface area contributed by atoms with Crippen LogP contribution in [0, 0.1) is 13.8 Å². The van der Waals surface area contributed by atoms with Gasteiger partial charge in [0.25, 0.3) is 11.6 Å². The number of carbonyl (C=O) groups excluding carboxylic acids is 2. The predicted molar refractivity (Wildman–Crippen MR) is 102 cm³/mol. The zero-order valence-electron chi connectivity index (χ0n) is 15.8. The maximum absolute atomic E-state index is 12.7. The highest BCUT2D eigenvalue weighted by Gasteiger charge is 2.20. The SMILES string of the molecule is Cc1ccc(-c2cc(C(=O)NCC(=O)NC(C)C)c3c(C)noc3n2)cc1. The molecule has 0 bridgehead atoms. The second-order valence-electron chi connectivity index (χ2n) is 6.77. The van der Waals surface area contributed by atoms with Crippen LogP contribution >= 0.6 is 0 Å². The number of rotatable bonds is 5. The molecule has 0 radical (unpaired) electrons. The zero-order chi connectivity index (χ0) is 19.6. The van der Waals surface area contributed by atoms with Crippen molar-refractivity contribution in [1.29, 1.82) is 0 Å². The van der Waals surface area contributed by atoms with Crippen molar-refractivity contribution in [2.24, 2.45) is 0 Å². The Morgan fingerprint density at radius 3 is 2.52 bits per heavy atom. The molecule has 2 N–H and O–H groups in total. The summed E-state index contributed by atoms with van der Waals surface area (Å²) < 4.78 is 5.28. The van der Waals surface area contributed by atoms with Gasteiger partial charge < -0.3 is 15.2 Å². The molecular formula is C20H22N4O3. The molecule has 7 nitrogen and oxygen atoms in total. The smallest absolute Gasteiger partial charge is 0.259 e. The maximum Gasteiger partial charge on any atom is 0.259 e. The molecule has 0 atom stereocenters. The Labute approximate surface area is 157 Å². The number of benzene rings is 1.